The number of alkyl carbamates (subject to hydrolysis) is 1. The van der Waals surface area contributed by atoms with Crippen molar-refractivity contribution < 1.29 is 29.3 Å². The van der Waals surface area contributed by atoms with Crippen LogP contribution in [0.2, 0.25) is 0 Å². The Morgan fingerprint density at radius 2 is 1.46 bits per heavy atom. The first-order valence-corrected chi connectivity index (χ1v) is 12.0. The zero-order chi connectivity index (χ0) is 27.0. The maximum atomic E-state index is 13.1. The molecule has 8 heteroatoms. The summed E-state index contributed by atoms with van der Waals surface area (Å²) in [6, 6.07) is 20.6. The summed E-state index contributed by atoms with van der Waals surface area (Å²) in [7, 11) is 0. The summed E-state index contributed by atoms with van der Waals surface area (Å²) < 4.78 is 5.32. The van der Waals surface area contributed by atoms with Gasteiger partial charge in [0.15, 0.2) is 0 Å². The number of rotatable bonds is 9. The van der Waals surface area contributed by atoms with Crippen LogP contribution < -0.4 is 10.6 Å². The summed E-state index contributed by atoms with van der Waals surface area (Å²) in [5.41, 5.74) is 2.39. The molecule has 3 aromatic carbocycles. The average Bonchev–Trinajstić information content (AvgIpc) is 2.83. The number of carboxylic acid groups (broad SMARTS) is 1. The van der Waals surface area contributed by atoms with Crippen molar-refractivity contribution in [3.63, 3.8) is 0 Å². The first-order chi connectivity index (χ1) is 17.5. The van der Waals surface area contributed by atoms with Gasteiger partial charge in [-0.2, -0.15) is 0 Å². The second-order valence-electron chi connectivity index (χ2n) is 9.73. The number of phenols is 1. The van der Waals surface area contributed by atoms with E-state index >= 15 is 0 Å². The van der Waals surface area contributed by atoms with Gasteiger partial charge in [0.05, 0.1) is 11.3 Å². The van der Waals surface area contributed by atoms with Gasteiger partial charge < -0.3 is 25.6 Å². The summed E-state index contributed by atoms with van der Waals surface area (Å²) in [4.78, 5) is 36.7. The number of carbonyl (C=O) groups is 3. The number of aromatic hydroxyl groups is 1. The predicted molar refractivity (Wildman–Crippen MR) is 141 cm³/mol. The third-order valence-electron chi connectivity index (χ3n) is 5.52. The molecule has 0 radical (unpaired) electrons. The van der Waals surface area contributed by atoms with Crippen molar-refractivity contribution in [2.24, 2.45) is 0 Å². The van der Waals surface area contributed by atoms with Crippen molar-refractivity contribution in [1.82, 2.24) is 5.32 Å². The van der Waals surface area contributed by atoms with Gasteiger partial charge in [0.2, 0.25) is 5.91 Å². The van der Waals surface area contributed by atoms with Crippen LogP contribution in [0.25, 0.3) is 0 Å². The molecule has 0 heterocycles. The van der Waals surface area contributed by atoms with Crippen LogP contribution in [0.1, 0.15) is 47.8 Å². The van der Waals surface area contributed by atoms with Gasteiger partial charge in [-0.15, -0.1) is 0 Å². The maximum absolute atomic E-state index is 13.1. The van der Waals surface area contributed by atoms with Crippen molar-refractivity contribution in [3.05, 3.63) is 95.1 Å². The molecular formula is C29H32N2O6. The molecule has 37 heavy (non-hydrogen) atoms. The normalized spacial score (nSPS) is 11.9. The summed E-state index contributed by atoms with van der Waals surface area (Å²) in [6.45, 7) is 5.16. The standard InChI is InChI=1S/C29H32N2O6/c1-29(2,3)37-28(36)31-24(26(33)30-23-16-15-22(27(34)35)18-25(23)32)17-21-13-11-20(12-14-21)10-9-19-7-5-4-6-8-19/h4-8,11-16,18,24,32H,9-10,17H2,1-3H3,(H,30,33)(H,31,36)(H,34,35)/t24-/m1/s1. The molecule has 0 aliphatic rings. The van der Waals surface area contributed by atoms with Crippen LogP contribution >= 0.6 is 0 Å². The number of amides is 2. The first-order valence-electron chi connectivity index (χ1n) is 12.0. The Morgan fingerprint density at radius 3 is 2.03 bits per heavy atom. The van der Waals surface area contributed by atoms with Gasteiger partial charge in [0.1, 0.15) is 17.4 Å². The lowest BCUT2D eigenvalue weighted by molar-refractivity contribution is -0.118. The lowest BCUT2D eigenvalue weighted by Gasteiger charge is -2.23. The van der Waals surface area contributed by atoms with E-state index in [0.29, 0.717) is 0 Å². The Labute approximate surface area is 216 Å². The number of nitrogens with one attached hydrogen (secondary N) is 2. The molecule has 0 saturated heterocycles. The van der Waals surface area contributed by atoms with Crippen molar-refractivity contribution >= 4 is 23.7 Å². The fourth-order valence-electron chi connectivity index (χ4n) is 3.66. The molecule has 4 N–H and O–H groups in total. The van der Waals surface area contributed by atoms with Gasteiger partial charge in [0, 0.05) is 6.42 Å². The average molecular weight is 505 g/mol. The fourth-order valence-corrected chi connectivity index (χ4v) is 3.66. The van der Waals surface area contributed by atoms with Crippen LogP contribution in [0.4, 0.5) is 10.5 Å². The first kappa shape index (κ1) is 27.3. The van der Waals surface area contributed by atoms with E-state index in [0.717, 1.165) is 30.0 Å². The minimum atomic E-state index is -1.20. The highest BCUT2D eigenvalue weighted by molar-refractivity contribution is 5.98. The molecule has 0 aliphatic carbocycles. The van der Waals surface area contributed by atoms with E-state index in [4.69, 9.17) is 9.84 Å². The van der Waals surface area contributed by atoms with E-state index in [1.165, 1.54) is 17.7 Å². The van der Waals surface area contributed by atoms with Crippen LogP contribution in [0, 0.1) is 0 Å². The van der Waals surface area contributed by atoms with Crippen LogP contribution in [0.15, 0.2) is 72.8 Å². The number of aromatic carboxylic acids is 1. The Kier molecular flexibility index (Phi) is 8.90. The number of phenolic OH excluding ortho intramolecular Hbond substituents is 1. The number of hydrogen-bond acceptors (Lipinski definition) is 5. The minimum Gasteiger partial charge on any atom is -0.506 e. The highest BCUT2D eigenvalue weighted by Gasteiger charge is 2.25. The summed E-state index contributed by atoms with van der Waals surface area (Å²) in [6.07, 6.45) is 1.21. The number of benzene rings is 3. The Morgan fingerprint density at radius 1 is 0.865 bits per heavy atom. The Hall–Kier alpha value is -4.33. The molecule has 0 aromatic heterocycles. The number of carboxylic acids is 1. The van der Waals surface area contributed by atoms with E-state index in [9.17, 15) is 19.5 Å². The van der Waals surface area contributed by atoms with Crippen molar-refractivity contribution in [2.75, 3.05) is 5.32 Å². The summed E-state index contributed by atoms with van der Waals surface area (Å²) >= 11 is 0. The molecule has 0 fully saturated rings. The molecule has 3 rings (SSSR count). The molecule has 3 aromatic rings. The molecule has 0 spiro atoms. The molecule has 2 amide bonds. The number of hydrogen-bond donors (Lipinski definition) is 4. The van der Waals surface area contributed by atoms with Gasteiger partial charge >= 0.3 is 12.1 Å². The van der Waals surface area contributed by atoms with Gasteiger partial charge in [-0.3, -0.25) is 4.79 Å². The van der Waals surface area contributed by atoms with E-state index in [-0.39, 0.29) is 17.7 Å². The molecule has 1 atom stereocenters. The predicted octanol–water partition coefficient (Wildman–Crippen LogP) is 4.95. The van der Waals surface area contributed by atoms with Gasteiger partial charge in [0.25, 0.3) is 0 Å². The van der Waals surface area contributed by atoms with Gasteiger partial charge in [-0.25, -0.2) is 9.59 Å². The van der Waals surface area contributed by atoms with Crippen molar-refractivity contribution in [2.45, 2.75) is 51.7 Å². The zero-order valence-electron chi connectivity index (χ0n) is 21.2. The largest absolute Gasteiger partial charge is 0.506 e. The Balaban J connectivity index is 1.72. The number of ether oxygens (including phenoxy) is 1. The van der Waals surface area contributed by atoms with Crippen molar-refractivity contribution in [3.8, 4) is 5.75 Å². The van der Waals surface area contributed by atoms with E-state index in [2.05, 4.69) is 22.8 Å². The molecule has 0 bridgehead atoms. The van der Waals surface area contributed by atoms with Crippen LogP contribution in [0.5, 0.6) is 5.75 Å². The number of carbonyl (C=O) groups excluding carboxylic acids is 2. The Bertz CT molecular complexity index is 1230. The number of anilines is 1. The van der Waals surface area contributed by atoms with Crippen LogP contribution in [-0.4, -0.2) is 39.8 Å². The van der Waals surface area contributed by atoms with E-state index in [1.807, 2.05) is 42.5 Å². The van der Waals surface area contributed by atoms with E-state index < -0.39 is 35.4 Å². The zero-order valence-corrected chi connectivity index (χ0v) is 21.2. The lowest BCUT2D eigenvalue weighted by atomic mass is 10.00. The highest BCUT2D eigenvalue weighted by atomic mass is 16.6. The molecule has 194 valence electrons. The SMILES string of the molecule is CC(C)(C)OC(=O)N[C@H](Cc1ccc(CCc2ccccc2)cc1)C(=O)Nc1ccc(C(=O)O)cc1O. The second-order valence-corrected chi connectivity index (χ2v) is 9.73. The molecular weight excluding hydrogens is 472 g/mol. The van der Waals surface area contributed by atoms with E-state index in [1.54, 1.807) is 20.8 Å². The third kappa shape index (κ3) is 8.68. The topological polar surface area (TPSA) is 125 Å². The molecule has 8 nitrogen and oxygen atoms in total. The molecule has 0 saturated carbocycles. The van der Waals surface area contributed by atoms with Crippen LogP contribution in [-0.2, 0) is 28.8 Å². The van der Waals surface area contributed by atoms with Crippen LogP contribution in [0.3, 0.4) is 0 Å². The van der Waals surface area contributed by atoms with Gasteiger partial charge in [-0.1, -0.05) is 54.6 Å². The molecule has 0 unspecified atom stereocenters. The minimum absolute atomic E-state index is 0.0299. The maximum Gasteiger partial charge on any atom is 0.408 e. The third-order valence-corrected chi connectivity index (χ3v) is 5.52. The summed E-state index contributed by atoms with van der Waals surface area (Å²) in [5, 5.41) is 24.4. The quantitative estimate of drug-likeness (QED) is 0.306. The smallest absolute Gasteiger partial charge is 0.408 e. The monoisotopic (exact) mass is 504 g/mol. The second kappa shape index (κ2) is 12.1. The highest BCUT2D eigenvalue weighted by Crippen LogP contribution is 2.25. The lowest BCUT2D eigenvalue weighted by Crippen LogP contribution is -2.47. The number of aryl methyl sites for hydroxylation is 2. The van der Waals surface area contributed by atoms with Crippen molar-refractivity contribution in [1.29, 1.82) is 0 Å². The van der Waals surface area contributed by atoms with Gasteiger partial charge in [-0.05, 0) is 68.5 Å². The fraction of sp³-hybridized carbons (Fsp3) is 0.276. The summed E-state index contributed by atoms with van der Waals surface area (Å²) in [5.74, 6) is -2.19. The molecule has 0 aliphatic heterocycles.